The lowest BCUT2D eigenvalue weighted by molar-refractivity contribution is 0.0850. The van der Waals surface area contributed by atoms with Crippen LogP contribution in [0.1, 0.15) is 50.8 Å². The molecule has 2 rings (SSSR count). The Morgan fingerprint density at radius 1 is 1.24 bits per heavy atom. The van der Waals surface area contributed by atoms with Crippen LogP contribution in [0.5, 0.6) is 0 Å². The van der Waals surface area contributed by atoms with Crippen molar-refractivity contribution in [1.82, 2.24) is 10.2 Å². The third-order valence-corrected chi connectivity index (χ3v) is 4.78. The van der Waals surface area contributed by atoms with Crippen LogP contribution in [0, 0.1) is 0 Å². The second-order valence-corrected chi connectivity index (χ2v) is 6.12. The zero-order valence-corrected chi connectivity index (χ0v) is 13.9. The van der Waals surface area contributed by atoms with Gasteiger partial charge in [0.15, 0.2) is 0 Å². The molecule has 3 heteroatoms. The van der Waals surface area contributed by atoms with Crippen molar-refractivity contribution >= 4 is 0 Å². The summed E-state index contributed by atoms with van der Waals surface area (Å²) in [7, 11) is 1.74. The number of rotatable bonds is 6. The van der Waals surface area contributed by atoms with Crippen LogP contribution >= 0.6 is 0 Å². The van der Waals surface area contributed by atoms with Crippen LogP contribution in [0.15, 0.2) is 24.3 Å². The topological polar surface area (TPSA) is 24.5 Å². The van der Waals surface area contributed by atoms with E-state index in [9.17, 15) is 0 Å². The van der Waals surface area contributed by atoms with Crippen molar-refractivity contribution in [1.29, 1.82) is 0 Å². The lowest BCUT2D eigenvalue weighted by Crippen LogP contribution is -2.56. The second-order valence-electron chi connectivity index (χ2n) is 6.12. The number of ether oxygens (including phenoxy) is 1. The van der Waals surface area contributed by atoms with Gasteiger partial charge in [-0.15, -0.1) is 0 Å². The van der Waals surface area contributed by atoms with E-state index < -0.39 is 0 Å². The summed E-state index contributed by atoms with van der Waals surface area (Å²) in [5, 5.41) is 3.67. The van der Waals surface area contributed by atoms with Crippen molar-refractivity contribution < 1.29 is 4.74 Å². The quantitative estimate of drug-likeness (QED) is 0.869. The van der Waals surface area contributed by atoms with Crippen molar-refractivity contribution in [2.75, 3.05) is 20.2 Å². The molecule has 1 unspecified atom stereocenters. The van der Waals surface area contributed by atoms with Gasteiger partial charge < -0.3 is 10.1 Å². The summed E-state index contributed by atoms with van der Waals surface area (Å²) < 4.78 is 5.19. The summed E-state index contributed by atoms with van der Waals surface area (Å²) in [5.74, 6) is 0. The van der Waals surface area contributed by atoms with Crippen molar-refractivity contribution in [3.63, 3.8) is 0 Å². The highest BCUT2D eigenvalue weighted by Crippen LogP contribution is 2.26. The van der Waals surface area contributed by atoms with Gasteiger partial charge >= 0.3 is 0 Å². The van der Waals surface area contributed by atoms with Gasteiger partial charge in [-0.2, -0.15) is 0 Å². The normalized spacial score (nSPS) is 25.0. The Kier molecular flexibility index (Phi) is 6.22. The van der Waals surface area contributed by atoms with Gasteiger partial charge in [0, 0.05) is 38.3 Å². The van der Waals surface area contributed by atoms with Gasteiger partial charge in [0.05, 0.1) is 6.61 Å². The average Bonchev–Trinajstić information content (AvgIpc) is 2.54. The molecule has 0 radical (unpaired) electrons. The largest absolute Gasteiger partial charge is 0.380 e. The Morgan fingerprint density at radius 3 is 2.52 bits per heavy atom. The average molecular weight is 290 g/mol. The number of nitrogens with one attached hydrogen (secondary N) is 1. The van der Waals surface area contributed by atoms with E-state index in [4.69, 9.17) is 4.74 Å². The maximum atomic E-state index is 5.19. The zero-order chi connectivity index (χ0) is 15.2. The fraction of sp³-hybridized carbons (Fsp3) is 0.667. The fourth-order valence-electron chi connectivity index (χ4n) is 3.27. The van der Waals surface area contributed by atoms with Crippen LogP contribution in [0.3, 0.4) is 0 Å². The first kappa shape index (κ1) is 16.5. The SMILES string of the molecule is CC[C@H]1CN(C(C)c2ccc(COC)cc2)[C@H](CC)CN1. The van der Waals surface area contributed by atoms with E-state index in [2.05, 4.69) is 55.3 Å². The molecule has 0 amide bonds. The molecule has 1 N–H and O–H groups in total. The molecule has 0 aromatic heterocycles. The molecule has 1 aromatic carbocycles. The minimum absolute atomic E-state index is 0.475. The first-order chi connectivity index (χ1) is 10.2. The summed E-state index contributed by atoms with van der Waals surface area (Å²) in [6.07, 6.45) is 2.40. The summed E-state index contributed by atoms with van der Waals surface area (Å²) in [6, 6.07) is 10.6. The van der Waals surface area contributed by atoms with Gasteiger partial charge in [-0.3, -0.25) is 4.90 Å². The number of piperazine rings is 1. The molecular formula is C18H30N2O. The minimum atomic E-state index is 0.475. The van der Waals surface area contributed by atoms with Crippen LogP contribution in [0.2, 0.25) is 0 Å². The van der Waals surface area contributed by atoms with E-state index in [-0.39, 0.29) is 0 Å². The van der Waals surface area contributed by atoms with E-state index in [1.807, 2.05) is 0 Å². The minimum Gasteiger partial charge on any atom is -0.380 e. The highest BCUT2D eigenvalue weighted by atomic mass is 16.5. The Balaban J connectivity index is 2.09. The molecule has 1 aliphatic heterocycles. The molecule has 21 heavy (non-hydrogen) atoms. The van der Waals surface area contributed by atoms with Gasteiger partial charge in [0.1, 0.15) is 0 Å². The lowest BCUT2D eigenvalue weighted by atomic mass is 9.98. The molecule has 1 saturated heterocycles. The molecule has 0 aliphatic carbocycles. The van der Waals surface area contributed by atoms with Gasteiger partial charge in [-0.25, -0.2) is 0 Å². The molecule has 1 heterocycles. The number of nitrogens with zero attached hydrogens (tertiary/aromatic N) is 1. The van der Waals surface area contributed by atoms with Gasteiger partial charge in [-0.1, -0.05) is 38.1 Å². The van der Waals surface area contributed by atoms with Crippen molar-refractivity contribution in [2.24, 2.45) is 0 Å². The molecule has 1 fully saturated rings. The van der Waals surface area contributed by atoms with Gasteiger partial charge in [0.25, 0.3) is 0 Å². The van der Waals surface area contributed by atoms with E-state index in [1.165, 1.54) is 24.0 Å². The third-order valence-electron chi connectivity index (χ3n) is 4.78. The predicted molar refractivity (Wildman–Crippen MR) is 88.4 cm³/mol. The smallest absolute Gasteiger partial charge is 0.0713 e. The van der Waals surface area contributed by atoms with Crippen LogP contribution in [-0.4, -0.2) is 37.2 Å². The summed E-state index contributed by atoms with van der Waals surface area (Å²) in [4.78, 5) is 2.68. The molecule has 1 aromatic rings. The van der Waals surface area contributed by atoms with Crippen molar-refractivity contribution in [3.05, 3.63) is 35.4 Å². The molecule has 0 spiro atoms. The molecule has 118 valence electrons. The fourth-order valence-corrected chi connectivity index (χ4v) is 3.27. The van der Waals surface area contributed by atoms with Crippen molar-refractivity contribution in [3.8, 4) is 0 Å². The van der Waals surface area contributed by atoms with E-state index in [0.29, 0.717) is 24.7 Å². The molecule has 3 atom stereocenters. The Morgan fingerprint density at radius 2 is 1.95 bits per heavy atom. The number of hydrogen-bond donors (Lipinski definition) is 1. The second kappa shape index (κ2) is 7.92. The van der Waals surface area contributed by atoms with E-state index in [1.54, 1.807) is 7.11 Å². The Bertz CT molecular complexity index is 418. The maximum Gasteiger partial charge on any atom is 0.0713 e. The highest BCUT2D eigenvalue weighted by Gasteiger charge is 2.29. The number of methoxy groups -OCH3 is 1. The van der Waals surface area contributed by atoms with Crippen LogP contribution in [-0.2, 0) is 11.3 Å². The predicted octanol–water partition coefficient (Wildman–Crippen LogP) is 3.36. The lowest BCUT2D eigenvalue weighted by Gasteiger charge is -2.43. The van der Waals surface area contributed by atoms with E-state index >= 15 is 0 Å². The third kappa shape index (κ3) is 4.06. The number of hydrogen-bond acceptors (Lipinski definition) is 3. The standard InChI is InChI=1S/C18H30N2O/c1-5-17-12-20(18(6-2)11-19-17)14(3)16-9-7-15(8-10-16)13-21-4/h7-10,14,17-19H,5-6,11-13H2,1-4H3/t14?,17-,18+/m0/s1. The van der Waals surface area contributed by atoms with Crippen LogP contribution < -0.4 is 5.32 Å². The molecular weight excluding hydrogens is 260 g/mol. The van der Waals surface area contributed by atoms with Gasteiger partial charge in [-0.05, 0) is 30.9 Å². The summed E-state index contributed by atoms with van der Waals surface area (Å²) >= 11 is 0. The molecule has 0 saturated carbocycles. The van der Waals surface area contributed by atoms with Crippen molar-refractivity contribution in [2.45, 2.75) is 58.3 Å². The molecule has 0 bridgehead atoms. The van der Waals surface area contributed by atoms with Crippen LogP contribution in [0.25, 0.3) is 0 Å². The summed E-state index contributed by atoms with van der Waals surface area (Å²) in [5.41, 5.74) is 2.65. The monoisotopic (exact) mass is 290 g/mol. The van der Waals surface area contributed by atoms with Crippen LogP contribution in [0.4, 0.5) is 0 Å². The summed E-state index contributed by atoms with van der Waals surface area (Å²) in [6.45, 7) is 9.85. The number of benzene rings is 1. The zero-order valence-electron chi connectivity index (χ0n) is 13.9. The van der Waals surface area contributed by atoms with E-state index in [0.717, 1.165) is 13.1 Å². The first-order valence-electron chi connectivity index (χ1n) is 8.26. The highest BCUT2D eigenvalue weighted by molar-refractivity contribution is 5.24. The van der Waals surface area contributed by atoms with Gasteiger partial charge in [0.2, 0.25) is 0 Å². The Labute approximate surface area is 129 Å². The molecule has 3 nitrogen and oxygen atoms in total. The first-order valence-corrected chi connectivity index (χ1v) is 8.26. The maximum absolute atomic E-state index is 5.19. The molecule has 1 aliphatic rings. The Hall–Kier alpha value is -0.900.